The van der Waals surface area contributed by atoms with E-state index in [0.29, 0.717) is 11.4 Å². The smallest absolute Gasteiger partial charge is 0.308 e. The van der Waals surface area contributed by atoms with Gasteiger partial charge in [-0.15, -0.1) is 10.8 Å². The van der Waals surface area contributed by atoms with Gasteiger partial charge in [0.25, 0.3) is 5.88 Å². The fraction of sp³-hybridized carbons (Fsp3) is 0.267. The fourth-order valence-corrected chi connectivity index (χ4v) is 4.46. The molecule has 1 aromatic carbocycles. The monoisotopic (exact) mass is 407 g/mol. The van der Waals surface area contributed by atoms with Gasteiger partial charge in [0.1, 0.15) is 0 Å². The lowest BCUT2D eigenvalue weighted by Crippen LogP contribution is -2.22. The van der Waals surface area contributed by atoms with Crippen molar-refractivity contribution in [2.45, 2.75) is 13.3 Å². The second-order valence-electron chi connectivity index (χ2n) is 5.42. The summed E-state index contributed by atoms with van der Waals surface area (Å²) in [4.78, 5) is 11.4. The molecule has 0 unspecified atom stereocenters. The van der Waals surface area contributed by atoms with Crippen LogP contribution >= 0.6 is 34.0 Å². The highest BCUT2D eigenvalue weighted by Crippen LogP contribution is 2.58. The van der Waals surface area contributed by atoms with Gasteiger partial charge in [-0.05, 0) is 24.6 Å². The van der Waals surface area contributed by atoms with Gasteiger partial charge in [0.2, 0.25) is 11.5 Å². The average molecular weight is 408 g/mol. The molecule has 1 fully saturated rings. The molecule has 10 heteroatoms. The molecule has 0 aliphatic carbocycles. The van der Waals surface area contributed by atoms with Crippen molar-refractivity contribution in [1.82, 2.24) is 0 Å². The number of nitrogens with zero attached hydrogens (tertiary/aromatic N) is 1. The van der Waals surface area contributed by atoms with Crippen LogP contribution in [-0.4, -0.2) is 32.5 Å². The van der Waals surface area contributed by atoms with Crippen molar-refractivity contribution in [1.29, 1.82) is 0 Å². The third-order valence-corrected chi connectivity index (χ3v) is 6.06. The van der Waals surface area contributed by atoms with E-state index in [1.54, 1.807) is 6.07 Å². The van der Waals surface area contributed by atoms with Crippen LogP contribution in [0.15, 0.2) is 22.6 Å². The highest BCUT2D eigenvalue weighted by Gasteiger charge is 2.37. The number of benzene rings is 1. The number of carbonyl (C=O) groups excluding carboxylic acids is 1. The number of anilines is 1. The van der Waals surface area contributed by atoms with Crippen LogP contribution in [0.2, 0.25) is 10.0 Å². The van der Waals surface area contributed by atoms with Gasteiger partial charge >= 0.3 is 5.97 Å². The Morgan fingerprint density at radius 3 is 2.68 bits per heavy atom. The molecule has 2 aromatic rings. The van der Waals surface area contributed by atoms with Crippen LogP contribution in [0.3, 0.4) is 0 Å². The standard InChI is InChI=1S/C15H15Cl2NO6S/c1-8(19)23-14-12(20)13(10-7-9(16)3-4-11(10)17)24-15(14)18-5-2-6-25(18,21)22/h3-4,7,20-22H,2,5-6H2,1H3. The highest BCUT2D eigenvalue weighted by atomic mass is 35.5. The number of carbonyl (C=O) groups is 1. The number of aromatic hydroxyl groups is 1. The molecule has 0 atom stereocenters. The molecule has 3 N–H and O–H groups in total. The number of esters is 1. The zero-order chi connectivity index (χ0) is 18.4. The largest absolute Gasteiger partial charge is 0.502 e. The molecule has 0 bridgehead atoms. The van der Waals surface area contributed by atoms with Gasteiger partial charge in [-0.2, -0.15) is 0 Å². The summed E-state index contributed by atoms with van der Waals surface area (Å²) in [6, 6.07) is 4.57. The minimum atomic E-state index is -3.12. The van der Waals surface area contributed by atoms with E-state index in [9.17, 15) is 19.0 Å². The quantitative estimate of drug-likeness (QED) is 0.629. The van der Waals surface area contributed by atoms with Crippen LogP contribution in [0.1, 0.15) is 13.3 Å². The lowest BCUT2D eigenvalue weighted by Gasteiger charge is -2.36. The summed E-state index contributed by atoms with van der Waals surface area (Å²) in [6.45, 7) is 1.43. The Hall–Kier alpha value is -1.58. The normalized spacial score (nSPS) is 17.6. The third-order valence-electron chi connectivity index (χ3n) is 3.60. The molecular weight excluding hydrogens is 393 g/mol. The minimum absolute atomic E-state index is 0.0825. The zero-order valence-corrected chi connectivity index (χ0v) is 15.4. The van der Waals surface area contributed by atoms with E-state index >= 15 is 0 Å². The van der Waals surface area contributed by atoms with E-state index in [2.05, 4.69) is 0 Å². The number of furan rings is 1. The predicted molar refractivity (Wildman–Crippen MR) is 96.8 cm³/mol. The molecule has 0 spiro atoms. The van der Waals surface area contributed by atoms with Crippen molar-refractivity contribution in [3.8, 4) is 22.8 Å². The Morgan fingerprint density at radius 2 is 2.08 bits per heavy atom. The molecule has 7 nitrogen and oxygen atoms in total. The van der Waals surface area contributed by atoms with Crippen LogP contribution in [-0.2, 0) is 4.79 Å². The first-order chi connectivity index (χ1) is 11.7. The minimum Gasteiger partial charge on any atom is -0.502 e. The van der Waals surface area contributed by atoms with Crippen LogP contribution < -0.4 is 9.04 Å². The maximum absolute atomic E-state index is 11.4. The van der Waals surface area contributed by atoms with Crippen molar-refractivity contribution in [2.24, 2.45) is 0 Å². The maximum atomic E-state index is 11.4. The molecule has 0 radical (unpaired) electrons. The average Bonchev–Trinajstić information content (AvgIpc) is 3.02. The van der Waals surface area contributed by atoms with E-state index in [1.807, 2.05) is 0 Å². The number of rotatable bonds is 3. The molecule has 0 saturated carbocycles. The van der Waals surface area contributed by atoms with Gasteiger partial charge in [-0.1, -0.05) is 23.2 Å². The Labute approximate surface area is 155 Å². The summed E-state index contributed by atoms with van der Waals surface area (Å²) in [7, 11) is -3.12. The number of halogens is 2. The molecule has 2 heterocycles. The van der Waals surface area contributed by atoms with Gasteiger partial charge in [0.15, 0.2) is 5.76 Å². The van der Waals surface area contributed by atoms with Crippen molar-refractivity contribution >= 4 is 45.8 Å². The summed E-state index contributed by atoms with van der Waals surface area (Å²) in [6.07, 6.45) is 0.510. The second-order valence-corrected chi connectivity index (χ2v) is 8.38. The van der Waals surface area contributed by atoms with E-state index in [1.165, 1.54) is 16.4 Å². The van der Waals surface area contributed by atoms with Gasteiger partial charge in [-0.3, -0.25) is 13.9 Å². The summed E-state index contributed by atoms with van der Waals surface area (Å²) in [5, 5.41) is 11.1. The highest BCUT2D eigenvalue weighted by molar-refractivity contribution is 8.25. The van der Waals surface area contributed by atoms with Crippen molar-refractivity contribution in [3.05, 3.63) is 28.2 Å². The molecule has 25 heavy (non-hydrogen) atoms. The Bertz CT molecular complexity index is 838. The first kappa shape index (κ1) is 18.2. The van der Waals surface area contributed by atoms with Crippen LogP contribution in [0.4, 0.5) is 5.88 Å². The van der Waals surface area contributed by atoms with Crippen LogP contribution in [0, 0.1) is 0 Å². The second kappa shape index (κ2) is 6.62. The molecular formula is C15H15Cl2NO6S. The number of hydrogen-bond donors (Lipinski definition) is 3. The lowest BCUT2D eigenvalue weighted by molar-refractivity contribution is -0.132. The first-order valence-electron chi connectivity index (χ1n) is 7.24. The zero-order valence-electron chi connectivity index (χ0n) is 13.0. The lowest BCUT2D eigenvalue weighted by atomic mass is 10.1. The van der Waals surface area contributed by atoms with Gasteiger partial charge in [0.05, 0.1) is 10.8 Å². The van der Waals surface area contributed by atoms with Gasteiger partial charge in [0, 0.05) is 24.1 Å². The first-order valence-corrected chi connectivity index (χ1v) is 9.67. The maximum Gasteiger partial charge on any atom is 0.308 e. The molecule has 1 saturated heterocycles. The van der Waals surface area contributed by atoms with Crippen LogP contribution in [0.25, 0.3) is 11.3 Å². The Balaban J connectivity index is 2.18. The van der Waals surface area contributed by atoms with E-state index in [0.717, 1.165) is 6.92 Å². The predicted octanol–water partition coefficient (Wildman–Crippen LogP) is 4.76. The summed E-state index contributed by atoms with van der Waals surface area (Å²) < 4.78 is 32.2. The third kappa shape index (κ3) is 3.40. The van der Waals surface area contributed by atoms with Crippen LogP contribution in [0.5, 0.6) is 11.5 Å². The Kier molecular flexibility index (Phi) is 4.82. The molecule has 3 rings (SSSR count). The van der Waals surface area contributed by atoms with Crippen molar-refractivity contribution < 1.29 is 28.2 Å². The van der Waals surface area contributed by atoms with E-state index in [-0.39, 0.29) is 40.3 Å². The molecule has 1 aromatic heterocycles. The summed E-state index contributed by atoms with van der Waals surface area (Å²) >= 11 is 12.1. The number of hydrogen-bond acceptors (Lipinski definition) is 7. The van der Waals surface area contributed by atoms with E-state index in [4.69, 9.17) is 32.4 Å². The SMILES string of the molecule is CC(=O)Oc1c(N2CCCS2(O)O)oc(-c2cc(Cl)ccc2Cl)c1O. The summed E-state index contributed by atoms with van der Waals surface area (Å²) in [5.41, 5.74) is 0.280. The molecule has 0 amide bonds. The van der Waals surface area contributed by atoms with Crippen molar-refractivity contribution in [2.75, 3.05) is 16.6 Å². The topological polar surface area (TPSA) is 103 Å². The number of ether oxygens (including phenoxy) is 1. The van der Waals surface area contributed by atoms with E-state index < -0.39 is 22.5 Å². The molecule has 136 valence electrons. The molecule has 1 aliphatic heterocycles. The van der Waals surface area contributed by atoms with Crippen molar-refractivity contribution in [3.63, 3.8) is 0 Å². The Morgan fingerprint density at radius 1 is 1.36 bits per heavy atom. The fourth-order valence-electron chi connectivity index (χ4n) is 2.54. The molecule has 1 aliphatic rings. The van der Waals surface area contributed by atoms with Gasteiger partial charge < -0.3 is 14.3 Å². The van der Waals surface area contributed by atoms with Gasteiger partial charge in [-0.25, -0.2) is 4.31 Å². The summed E-state index contributed by atoms with van der Waals surface area (Å²) in [5.74, 6) is -1.54.